The normalized spacial score (nSPS) is 16.7. The molecule has 28 heteroatoms. The molecule has 0 bridgehead atoms. The predicted molar refractivity (Wildman–Crippen MR) is 125 cm³/mol. The van der Waals surface area contributed by atoms with E-state index in [4.69, 9.17) is 0 Å². The van der Waals surface area contributed by atoms with Crippen molar-refractivity contribution in [1.82, 2.24) is 9.97 Å². The van der Waals surface area contributed by atoms with E-state index in [-0.39, 0.29) is 12.1 Å². The van der Waals surface area contributed by atoms with Crippen molar-refractivity contribution in [2.24, 2.45) is 0 Å². The Morgan fingerprint density at radius 2 is 0.574 bits per heavy atom. The van der Waals surface area contributed by atoms with Crippen LogP contribution in [0.1, 0.15) is 36.1 Å². The summed E-state index contributed by atoms with van der Waals surface area (Å²) in [7, 11) is 0. The summed E-state index contributed by atoms with van der Waals surface area (Å²) in [6.45, 7) is 0. The molecule has 0 aromatic carbocycles. The van der Waals surface area contributed by atoms with Gasteiger partial charge in [0.05, 0.1) is 0 Å². The Hall–Kier alpha value is -3.52. The lowest BCUT2D eigenvalue weighted by atomic mass is 9.75. The van der Waals surface area contributed by atoms with Crippen LogP contribution >= 0.6 is 0 Å². The molecule has 54 heavy (non-hydrogen) atoms. The van der Waals surface area contributed by atoms with E-state index in [1.807, 2.05) is 0 Å². The number of hydrogen-bond donors (Lipinski definition) is 0. The molecule has 0 N–H and O–H groups in total. The number of pyridine rings is 2. The van der Waals surface area contributed by atoms with Crippen LogP contribution in [0.4, 0.5) is 114 Å². The highest BCUT2D eigenvalue weighted by molar-refractivity contribution is 5.24. The summed E-state index contributed by atoms with van der Waals surface area (Å²) in [5.41, 5.74) is -3.14. The first-order valence-corrected chi connectivity index (χ1v) is 13.4. The molecule has 2 rings (SSSR count). The molecule has 2 aromatic rings. The van der Waals surface area contributed by atoms with Gasteiger partial charge in [-0.3, -0.25) is 9.97 Å². The lowest BCUT2D eigenvalue weighted by molar-refractivity contribution is -0.441. The average molecular weight is 848 g/mol. The van der Waals surface area contributed by atoms with Crippen molar-refractivity contribution < 1.29 is 114 Å². The summed E-state index contributed by atoms with van der Waals surface area (Å²) in [5, 5.41) is 0. The van der Waals surface area contributed by atoms with Gasteiger partial charge < -0.3 is 0 Å². The van der Waals surface area contributed by atoms with Crippen molar-refractivity contribution in [2.75, 3.05) is 0 Å². The minimum atomic E-state index is -8.51. The minimum absolute atomic E-state index is 0.183. The molecule has 2 atom stereocenters. The Balaban J connectivity index is 2.89. The Labute approximate surface area is 281 Å². The molecule has 0 aliphatic carbocycles. The fourth-order valence-electron chi connectivity index (χ4n) is 4.51. The molecule has 0 amide bonds. The van der Waals surface area contributed by atoms with Crippen LogP contribution in [-0.2, 0) is 0 Å². The largest absolute Gasteiger partial charge is 0.460 e. The maximum atomic E-state index is 15.1. The average Bonchev–Trinajstić information content (AvgIpc) is 3.01. The van der Waals surface area contributed by atoms with Gasteiger partial charge in [0.25, 0.3) is 0 Å². The SMILES string of the molecule is FC(F)(F)C(F)(F)C(F)(F)C(F)(F)C(F)(F)C(F)(F)C[C@H](c1ccccn1)[C@@H](CC(F)(F)C(F)(F)C(F)(F)C(F)(F)C(F)(F)C(F)(F)F)c1ccccn1. The third-order valence-corrected chi connectivity index (χ3v) is 7.57. The van der Waals surface area contributed by atoms with Crippen molar-refractivity contribution in [3.05, 3.63) is 60.2 Å². The van der Waals surface area contributed by atoms with Gasteiger partial charge in [-0.2, -0.15) is 114 Å². The fourth-order valence-corrected chi connectivity index (χ4v) is 4.51. The third kappa shape index (κ3) is 7.05. The third-order valence-electron chi connectivity index (χ3n) is 7.57. The van der Waals surface area contributed by atoms with Crippen LogP contribution in [0.15, 0.2) is 48.8 Å². The molecule has 2 nitrogen and oxygen atoms in total. The highest BCUT2D eigenvalue weighted by Gasteiger charge is 2.92. The molecular formula is C26H14F26N2. The van der Waals surface area contributed by atoms with E-state index in [0.717, 1.165) is 0 Å². The van der Waals surface area contributed by atoms with Gasteiger partial charge in [-0.05, 0) is 24.3 Å². The molecule has 0 unspecified atom stereocenters. The number of rotatable bonds is 15. The lowest BCUT2D eigenvalue weighted by Crippen LogP contribution is -2.70. The van der Waals surface area contributed by atoms with Crippen LogP contribution in [0, 0.1) is 0 Å². The van der Waals surface area contributed by atoms with Crippen LogP contribution in [0.2, 0.25) is 0 Å². The maximum Gasteiger partial charge on any atom is 0.460 e. The van der Waals surface area contributed by atoms with E-state index < -0.39 is 108 Å². The molecule has 0 aliphatic heterocycles. The highest BCUT2D eigenvalue weighted by atomic mass is 19.4. The highest BCUT2D eigenvalue weighted by Crippen LogP contribution is 2.64. The zero-order valence-electron chi connectivity index (χ0n) is 24.9. The van der Waals surface area contributed by atoms with E-state index >= 15 is 17.6 Å². The first-order valence-electron chi connectivity index (χ1n) is 13.4. The van der Waals surface area contributed by atoms with E-state index in [9.17, 15) is 96.6 Å². The number of nitrogens with zero attached hydrogens (tertiary/aromatic N) is 2. The summed E-state index contributed by atoms with van der Waals surface area (Å²) < 4.78 is 359. The van der Waals surface area contributed by atoms with E-state index in [0.29, 0.717) is 36.7 Å². The molecule has 310 valence electrons. The summed E-state index contributed by atoms with van der Waals surface area (Å²) in [6.07, 6.45) is -22.3. The van der Waals surface area contributed by atoms with Crippen LogP contribution in [0.3, 0.4) is 0 Å². The van der Waals surface area contributed by atoms with E-state index in [2.05, 4.69) is 9.97 Å². The summed E-state index contributed by atoms with van der Waals surface area (Å²) >= 11 is 0. The van der Waals surface area contributed by atoms with Gasteiger partial charge in [0.15, 0.2) is 0 Å². The predicted octanol–water partition coefficient (Wildman–Crippen LogP) is 11.6. The van der Waals surface area contributed by atoms with Crippen molar-refractivity contribution >= 4 is 0 Å². The number of hydrogen-bond acceptors (Lipinski definition) is 2. The van der Waals surface area contributed by atoms with Crippen LogP contribution in [0.5, 0.6) is 0 Å². The van der Waals surface area contributed by atoms with Crippen LogP contribution in [-0.4, -0.2) is 81.5 Å². The van der Waals surface area contributed by atoms with Gasteiger partial charge >= 0.3 is 71.6 Å². The molecule has 0 fully saturated rings. The summed E-state index contributed by atoms with van der Waals surface area (Å²) in [4.78, 5) is 6.16. The molecule has 0 aliphatic rings. The number of alkyl halides is 26. The maximum absolute atomic E-state index is 15.1. The monoisotopic (exact) mass is 848 g/mol. The zero-order chi connectivity index (χ0) is 42.8. The zero-order valence-corrected chi connectivity index (χ0v) is 24.9. The summed E-state index contributed by atoms with van der Waals surface area (Å²) in [6, 6.07) is 2.83. The topological polar surface area (TPSA) is 25.8 Å². The van der Waals surface area contributed by atoms with Crippen LogP contribution in [0.25, 0.3) is 0 Å². The lowest BCUT2D eigenvalue weighted by Gasteiger charge is -2.42. The first kappa shape index (κ1) is 46.6. The Morgan fingerprint density at radius 1 is 0.333 bits per heavy atom. The smallest absolute Gasteiger partial charge is 0.261 e. The van der Waals surface area contributed by atoms with Crippen molar-refractivity contribution in [3.63, 3.8) is 0 Å². The molecule has 0 saturated heterocycles. The van der Waals surface area contributed by atoms with E-state index in [1.54, 1.807) is 0 Å². The molecule has 0 radical (unpaired) electrons. The second-order valence-corrected chi connectivity index (χ2v) is 11.1. The van der Waals surface area contributed by atoms with Gasteiger partial charge in [-0.25, -0.2) is 0 Å². The molecule has 2 heterocycles. The second-order valence-electron chi connectivity index (χ2n) is 11.1. The minimum Gasteiger partial charge on any atom is -0.261 e. The Morgan fingerprint density at radius 3 is 0.778 bits per heavy atom. The van der Waals surface area contributed by atoms with Crippen molar-refractivity contribution in [1.29, 1.82) is 0 Å². The van der Waals surface area contributed by atoms with Crippen molar-refractivity contribution in [2.45, 2.75) is 96.3 Å². The molecular weight excluding hydrogens is 834 g/mol. The van der Waals surface area contributed by atoms with Gasteiger partial charge in [0.1, 0.15) is 0 Å². The van der Waals surface area contributed by atoms with Crippen molar-refractivity contribution in [3.8, 4) is 0 Å². The molecule has 0 spiro atoms. The molecule has 2 aromatic heterocycles. The number of halogens is 26. The standard InChI is InChI=1S/C26H14F26N2/c27-15(28,17(31,32)19(35,36)21(39,40)23(43,44)25(47,48)49)9-11(13-5-1-3-7-53-13)12(14-6-2-4-8-54-14)10-16(29,30)18(33,34)20(37,38)22(41,42)24(45,46)26(50,51)52/h1-8,11-12H,9-10H2/t11-,12+. The Bertz CT molecular complexity index is 1450. The molecule has 0 saturated carbocycles. The Kier molecular flexibility index (Phi) is 11.7. The number of aromatic nitrogens is 2. The van der Waals surface area contributed by atoms with Gasteiger partial charge in [-0.1, -0.05) is 12.1 Å². The second kappa shape index (κ2) is 13.6. The quantitative estimate of drug-likeness (QED) is 0.167. The van der Waals surface area contributed by atoms with Gasteiger partial charge in [0, 0.05) is 48.5 Å². The summed E-state index contributed by atoms with van der Waals surface area (Å²) in [5.74, 6) is -88.6. The first-order chi connectivity index (χ1) is 23.7. The van der Waals surface area contributed by atoms with Crippen LogP contribution < -0.4 is 0 Å². The van der Waals surface area contributed by atoms with Gasteiger partial charge in [-0.15, -0.1) is 0 Å². The fraction of sp³-hybridized carbons (Fsp3) is 0.615. The van der Waals surface area contributed by atoms with E-state index in [1.165, 1.54) is 0 Å². The van der Waals surface area contributed by atoms with Gasteiger partial charge in [0.2, 0.25) is 0 Å².